The fourth-order valence-corrected chi connectivity index (χ4v) is 0.591. The quantitative estimate of drug-likeness (QED) is 0.536. The van der Waals surface area contributed by atoms with E-state index in [1.807, 2.05) is 0 Å². The number of aryl methyl sites for hydroxylation is 1. The maximum atomic E-state index is 10.5. The Balaban J connectivity index is 2.98. The number of furan rings is 1. The summed E-state index contributed by atoms with van der Waals surface area (Å²) in [6.07, 6.45) is 0. The maximum Gasteiger partial charge on any atom is 0.420 e. The van der Waals surface area contributed by atoms with Crippen LogP contribution in [0.3, 0.4) is 0 Å². The Morgan fingerprint density at radius 3 is 2.44 bits per heavy atom. The first-order chi connectivity index (χ1) is 4.20. The highest BCUT2D eigenvalue weighted by atomic mass is 16.4. The van der Waals surface area contributed by atoms with Crippen LogP contribution >= 0.6 is 0 Å². The molecule has 0 aliphatic heterocycles. The largest absolute Gasteiger partial charge is 0.420 e. The van der Waals surface area contributed by atoms with Crippen LogP contribution in [-0.2, 0) is 0 Å². The van der Waals surface area contributed by atoms with Gasteiger partial charge in [0.1, 0.15) is 5.76 Å². The topological polar surface area (TPSA) is 33.2 Å². The molecule has 1 aromatic rings. The highest BCUT2D eigenvalue weighted by molar-refractivity contribution is 5.16. The van der Waals surface area contributed by atoms with E-state index < -0.39 is 0 Å². The van der Waals surface area contributed by atoms with E-state index in [2.05, 4.69) is 0 Å². The van der Waals surface area contributed by atoms with Crippen molar-refractivity contribution in [3.05, 3.63) is 22.8 Å². The van der Waals surface area contributed by atoms with Gasteiger partial charge in [-0.05, 0) is 13.0 Å². The fraction of sp³-hybridized carbons (Fsp3) is 0.333. The first kappa shape index (κ1) is 6.01. The molecule has 0 radical (unpaired) electrons. The van der Waals surface area contributed by atoms with E-state index in [4.69, 9.17) is 4.42 Å². The molecule has 3 nitrogen and oxygen atoms in total. The van der Waals surface area contributed by atoms with Gasteiger partial charge in [-0.3, -0.25) is 0 Å². The van der Waals surface area contributed by atoms with E-state index >= 15 is 0 Å². The second-order valence-corrected chi connectivity index (χ2v) is 1.88. The zero-order valence-corrected chi connectivity index (χ0v) is 5.42. The van der Waals surface area contributed by atoms with Gasteiger partial charge < -0.3 is 4.42 Å². The van der Waals surface area contributed by atoms with Gasteiger partial charge in [0.25, 0.3) is 0 Å². The van der Waals surface area contributed by atoms with Crippen LogP contribution in [0.4, 0.5) is 5.88 Å². The average molecular weight is 126 g/mol. The third kappa shape index (κ3) is 1.16. The minimum absolute atomic E-state index is 0.354. The van der Waals surface area contributed by atoms with Gasteiger partial charge in [-0.15, -0.1) is 0 Å². The molecule has 0 aromatic carbocycles. The van der Waals surface area contributed by atoms with Crippen LogP contribution < -0.4 is 0 Å². The summed E-state index contributed by atoms with van der Waals surface area (Å²) in [6.45, 7) is 1.80. The SMILES string of the molecule is Cc1ccc([N+](C)=O)o1. The van der Waals surface area contributed by atoms with E-state index in [1.165, 1.54) is 7.05 Å². The zero-order chi connectivity index (χ0) is 6.85. The molecule has 0 unspecified atom stereocenters. The summed E-state index contributed by atoms with van der Waals surface area (Å²) in [6, 6.07) is 3.39. The molecule has 1 rings (SSSR count). The smallest absolute Gasteiger partial charge is 0.407 e. The molecule has 0 aliphatic carbocycles. The molecule has 0 spiro atoms. The summed E-state index contributed by atoms with van der Waals surface area (Å²) in [7, 11) is 1.40. The second-order valence-electron chi connectivity index (χ2n) is 1.88. The van der Waals surface area contributed by atoms with E-state index in [0.29, 0.717) is 10.6 Å². The summed E-state index contributed by atoms with van der Waals surface area (Å²) in [5.41, 5.74) is 0. The molecule has 0 bridgehead atoms. The Hall–Kier alpha value is -1.12. The Bertz CT molecular complexity index is 227. The molecule has 1 heterocycles. The summed E-state index contributed by atoms with van der Waals surface area (Å²) < 4.78 is 5.65. The number of nitroso groups, excluding NO2 is 1. The van der Waals surface area contributed by atoms with Gasteiger partial charge in [0.15, 0.2) is 7.05 Å². The predicted octanol–water partition coefficient (Wildman–Crippen LogP) is 1.63. The van der Waals surface area contributed by atoms with Gasteiger partial charge in [0.2, 0.25) is 0 Å². The lowest BCUT2D eigenvalue weighted by atomic mass is 10.5. The zero-order valence-electron chi connectivity index (χ0n) is 5.42. The number of rotatable bonds is 1. The van der Waals surface area contributed by atoms with Crippen molar-refractivity contribution in [1.29, 1.82) is 0 Å². The van der Waals surface area contributed by atoms with Gasteiger partial charge in [0, 0.05) is 4.91 Å². The summed E-state index contributed by atoms with van der Waals surface area (Å²) in [5, 5.41) is 0. The molecule has 0 aliphatic rings. The standard InChI is InChI=1S/C6H8NO2/c1-5-3-4-6(9-5)7(2)8/h3-4H,1-2H3/q+1. The van der Waals surface area contributed by atoms with Crippen molar-refractivity contribution in [2.75, 3.05) is 7.05 Å². The Morgan fingerprint density at radius 2 is 2.22 bits per heavy atom. The molecule has 0 saturated heterocycles. The summed E-state index contributed by atoms with van der Waals surface area (Å²) in [4.78, 5) is 10.5. The van der Waals surface area contributed by atoms with Gasteiger partial charge in [-0.25, -0.2) is 0 Å². The molecule has 1 aromatic heterocycles. The van der Waals surface area contributed by atoms with E-state index in [-0.39, 0.29) is 0 Å². The molecule has 0 amide bonds. The van der Waals surface area contributed by atoms with Gasteiger partial charge >= 0.3 is 5.88 Å². The molecule has 9 heavy (non-hydrogen) atoms. The van der Waals surface area contributed by atoms with Crippen molar-refractivity contribution < 1.29 is 9.18 Å². The lowest BCUT2D eigenvalue weighted by Gasteiger charge is -1.75. The highest BCUT2D eigenvalue weighted by Gasteiger charge is 2.09. The normalized spacial score (nSPS) is 9.56. The van der Waals surface area contributed by atoms with E-state index in [1.54, 1.807) is 19.1 Å². The molecule has 0 N–H and O–H groups in total. The maximum absolute atomic E-state index is 10.5. The number of nitrogens with zero attached hydrogens (tertiary/aromatic N) is 1. The van der Waals surface area contributed by atoms with Crippen LogP contribution in [0, 0.1) is 11.8 Å². The Kier molecular flexibility index (Phi) is 1.34. The number of hydrogen-bond donors (Lipinski definition) is 0. The van der Waals surface area contributed by atoms with E-state index in [0.717, 1.165) is 5.76 Å². The van der Waals surface area contributed by atoms with Crippen LogP contribution in [0.2, 0.25) is 0 Å². The minimum atomic E-state index is 0.354. The van der Waals surface area contributed by atoms with Gasteiger partial charge in [0.05, 0.1) is 10.8 Å². The monoisotopic (exact) mass is 126 g/mol. The van der Waals surface area contributed by atoms with Crippen LogP contribution in [0.15, 0.2) is 16.5 Å². The van der Waals surface area contributed by atoms with Crippen molar-refractivity contribution in [3.63, 3.8) is 0 Å². The van der Waals surface area contributed by atoms with Crippen molar-refractivity contribution in [2.24, 2.45) is 0 Å². The van der Waals surface area contributed by atoms with Crippen molar-refractivity contribution in [3.8, 4) is 0 Å². The molecular weight excluding hydrogens is 118 g/mol. The first-order valence-electron chi connectivity index (χ1n) is 2.67. The molecule has 0 saturated carbocycles. The highest BCUT2D eigenvalue weighted by Crippen LogP contribution is 2.12. The van der Waals surface area contributed by atoms with Crippen LogP contribution in [-0.4, -0.2) is 11.8 Å². The van der Waals surface area contributed by atoms with Crippen LogP contribution in [0.5, 0.6) is 0 Å². The molecular formula is C6H8NO2+. The van der Waals surface area contributed by atoms with Gasteiger partial charge in [-0.2, -0.15) is 0 Å². The average Bonchev–Trinajstić information content (AvgIpc) is 2.14. The summed E-state index contributed by atoms with van der Waals surface area (Å²) in [5.74, 6) is 1.11. The first-order valence-corrected chi connectivity index (χ1v) is 2.67. The lowest BCUT2D eigenvalue weighted by Crippen LogP contribution is -1.85. The van der Waals surface area contributed by atoms with E-state index in [9.17, 15) is 4.91 Å². The van der Waals surface area contributed by atoms with Crippen LogP contribution in [0.25, 0.3) is 0 Å². The second kappa shape index (κ2) is 2.01. The predicted molar refractivity (Wildman–Crippen MR) is 32.7 cm³/mol. The fourth-order valence-electron chi connectivity index (χ4n) is 0.591. The summed E-state index contributed by atoms with van der Waals surface area (Å²) >= 11 is 0. The van der Waals surface area contributed by atoms with Crippen molar-refractivity contribution in [1.82, 2.24) is 0 Å². The molecule has 48 valence electrons. The van der Waals surface area contributed by atoms with Gasteiger partial charge in [-0.1, -0.05) is 0 Å². The molecule has 3 heteroatoms. The van der Waals surface area contributed by atoms with Crippen molar-refractivity contribution in [2.45, 2.75) is 6.92 Å². The molecule has 0 atom stereocenters. The Labute approximate surface area is 52.9 Å². The molecule has 0 fully saturated rings. The number of hydrogen-bond acceptors (Lipinski definition) is 2. The lowest BCUT2D eigenvalue weighted by molar-refractivity contribution is -0.444. The van der Waals surface area contributed by atoms with Crippen molar-refractivity contribution >= 4 is 5.88 Å². The third-order valence-electron chi connectivity index (χ3n) is 1.04. The minimum Gasteiger partial charge on any atom is -0.407 e. The third-order valence-corrected chi connectivity index (χ3v) is 1.04. The van der Waals surface area contributed by atoms with Crippen LogP contribution in [0.1, 0.15) is 5.76 Å². The Morgan fingerprint density at radius 1 is 1.56 bits per heavy atom.